The van der Waals surface area contributed by atoms with E-state index in [1.165, 1.54) is 30.7 Å². The van der Waals surface area contributed by atoms with Crippen molar-refractivity contribution < 1.29 is 21.6 Å². The van der Waals surface area contributed by atoms with Gasteiger partial charge < -0.3 is 15.4 Å². The van der Waals surface area contributed by atoms with E-state index in [1.807, 2.05) is 0 Å². The van der Waals surface area contributed by atoms with Gasteiger partial charge in [0.05, 0.1) is 24.7 Å². The molecule has 0 amide bonds. The second kappa shape index (κ2) is 10.7. The van der Waals surface area contributed by atoms with Gasteiger partial charge in [0.15, 0.2) is 5.96 Å². The SMILES string of the molecule is CC1CCCN(C(N)=NCCOc2ccc(N(S(C)(=O)=O)S(C)(=O)=O)cc2)C1.I. The molecule has 1 fully saturated rings. The molecule has 166 valence electrons. The number of ether oxygens (including phenoxy) is 1. The highest BCUT2D eigenvalue weighted by Crippen LogP contribution is 2.24. The molecule has 1 aliphatic heterocycles. The lowest BCUT2D eigenvalue weighted by atomic mass is 10.0. The first-order valence-electron chi connectivity index (χ1n) is 8.96. The van der Waals surface area contributed by atoms with E-state index in [2.05, 4.69) is 16.8 Å². The number of halogens is 1. The van der Waals surface area contributed by atoms with Crippen LogP contribution in [-0.4, -0.2) is 66.4 Å². The number of hydrogen-bond donors (Lipinski definition) is 1. The van der Waals surface area contributed by atoms with Gasteiger partial charge in [-0.1, -0.05) is 6.92 Å². The van der Waals surface area contributed by atoms with Crippen LogP contribution in [0.4, 0.5) is 5.69 Å². The van der Waals surface area contributed by atoms with Gasteiger partial charge in [-0.05, 0) is 43.0 Å². The van der Waals surface area contributed by atoms with E-state index in [9.17, 15) is 16.8 Å². The normalized spacial score (nSPS) is 18.1. The fourth-order valence-corrected chi connectivity index (χ4v) is 6.09. The molecule has 0 saturated carbocycles. The smallest absolute Gasteiger partial charge is 0.245 e. The molecule has 1 aliphatic rings. The number of aliphatic imine (C=N–C) groups is 1. The molecule has 2 rings (SSSR count). The average molecular weight is 560 g/mol. The van der Waals surface area contributed by atoms with Crippen molar-refractivity contribution in [3.63, 3.8) is 0 Å². The van der Waals surface area contributed by atoms with E-state index in [1.54, 1.807) is 0 Å². The standard InChI is InChI=1S/C17H28N4O5S2.HI/c1-14-5-4-11-20(13-14)17(18)19-10-12-26-16-8-6-15(7-9-16)21(27(2,22)23)28(3,24)25;/h6-9,14H,4-5,10-13H2,1-3H3,(H2,18,19);1H. The molecule has 1 aromatic carbocycles. The van der Waals surface area contributed by atoms with E-state index in [4.69, 9.17) is 10.5 Å². The number of sulfonamides is 2. The summed E-state index contributed by atoms with van der Waals surface area (Å²) in [5.41, 5.74) is 6.05. The summed E-state index contributed by atoms with van der Waals surface area (Å²) in [6.07, 6.45) is 3.99. The minimum Gasteiger partial charge on any atom is -0.492 e. The Kier molecular flexibility index (Phi) is 9.47. The fraction of sp³-hybridized carbons (Fsp3) is 0.588. The van der Waals surface area contributed by atoms with Crippen LogP contribution in [0.5, 0.6) is 5.75 Å². The molecule has 0 aliphatic carbocycles. The Morgan fingerprint density at radius 1 is 1.21 bits per heavy atom. The van der Waals surface area contributed by atoms with Gasteiger partial charge in [0.25, 0.3) is 0 Å². The first-order chi connectivity index (χ1) is 13.0. The molecule has 0 spiro atoms. The number of rotatable bonds is 7. The lowest BCUT2D eigenvalue weighted by molar-refractivity contribution is 0.269. The Balaban J connectivity index is 0.00000420. The van der Waals surface area contributed by atoms with E-state index in [0.717, 1.165) is 32.0 Å². The van der Waals surface area contributed by atoms with Crippen molar-refractivity contribution in [2.75, 3.05) is 42.5 Å². The van der Waals surface area contributed by atoms with Gasteiger partial charge in [-0.3, -0.25) is 0 Å². The molecule has 1 unspecified atom stereocenters. The third-order valence-electron chi connectivity index (χ3n) is 4.26. The molecule has 2 N–H and O–H groups in total. The first kappa shape index (κ1) is 25.8. The topological polar surface area (TPSA) is 122 Å². The molecule has 0 bridgehead atoms. The fourth-order valence-electron chi connectivity index (χ4n) is 3.11. The minimum absolute atomic E-state index is 0. The Labute approximate surface area is 190 Å². The Morgan fingerprint density at radius 2 is 1.79 bits per heavy atom. The van der Waals surface area contributed by atoms with E-state index >= 15 is 0 Å². The van der Waals surface area contributed by atoms with Gasteiger partial charge in [0, 0.05) is 13.1 Å². The zero-order valence-electron chi connectivity index (χ0n) is 16.8. The van der Waals surface area contributed by atoms with Gasteiger partial charge in [-0.15, -0.1) is 24.0 Å². The summed E-state index contributed by atoms with van der Waals surface area (Å²) in [4.78, 5) is 6.41. The number of nitrogens with zero attached hydrogens (tertiary/aromatic N) is 3. The van der Waals surface area contributed by atoms with E-state index in [-0.39, 0.29) is 29.7 Å². The average Bonchev–Trinajstić information content (AvgIpc) is 2.57. The summed E-state index contributed by atoms with van der Waals surface area (Å²) in [6, 6.07) is 5.78. The quantitative estimate of drug-likeness (QED) is 0.232. The summed E-state index contributed by atoms with van der Waals surface area (Å²) < 4.78 is 53.1. The zero-order valence-corrected chi connectivity index (χ0v) is 20.8. The van der Waals surface area contributed by atoms with Crippen molar-refractivity contribution in [3.05, 3.63) is 24.3 Å². The Morgan fingerprint density at radius 3 is 2.31 bits per heavy atom. The molecule has 29 heavy (non-hydrogen) atoms. The maximum Gasteiger partial charge on any atom is 0.245 e. The van der Waals surface area contributed by atoms with Crippen molar-refractivity contribution in [3.8, 4) is 5.75 Å². The molecular weight excluding hydrogens is 531 g/mol. The number of benzene rings is 1. The molecule has 0 radical (unpaired) electrons. The van der Waals surface area contributed by atoms with Crippen LogP contribution in [0.2, 0.25) is 0 Å². The lowest BCUT2D eigenvalue weighted by Crippen LogP contribution is -2.43. The van der Waals surface area contributed by atoms with E-state index < -0.39 is 20.0 Å². The number of hydrogen-bond acceptors (Lipinski definition) is 6. The third kappa shape index (κ3) is 7.81. The summed E-state index contributed by atoms with van der Waals surface area (Å²) in [5.74, 6) is 1.60. The third-order valence-corrected chi connectivity index (χ3v) is 7.52. The van der Waals surface area contributed by atoms with Crippen LogP contribution in [0.1, 0.15) is 19.8 Å². The van der Waals surface area contributed by atoms with Crippen LogP contribution >= 0.6 is 24.0 Å². The van der Waals surface area contributed by atoms with Crippen LogP contribution in [-0.2, 0) is 20.0 Å². The van der Waals surface area contributed by atoms with Crippen molar-refractivity contribution >= 4 is 55.7 Å². The molecule has 12 heteroatoms. The van der Waals surface area contributed by atoms with Gasteiger partial charge >= 0.3 is 0 Å². The predicted molar refractivity (Wildman–Crippen MR) is 126 cm³/mol. The van der Waals surface area contributed by atoms with Crippen LogP contribution in [0.15, 0.2) is 29.3 Å². The van der Waals surface area contributed by atoms with Gasteiger partial charge in [-0.2, -0.15) is 3.71 Å². The molecule has 9 nitrogen and oxygen atoms in total. The van der Waals surface area contributed by atoms with Crippen LogP contribution in [0, 0.1) is 5.92 Å². The summed E-state index contributed by atoms with van der Waals surface area (Å²) in [5, 5.41) is 0. The predicted octanol–water partition coefficient (Wildman–Crippen LogP) is 1.46. The highest BCUT2D eigenvalue weighted by Gasteiger charge is 2.27. The number of likely N-dealkylation sites (tertiary alicyclic amines) is 1. The van der Waals surface area contributed by atoms with Gasteiger partial charge in [0.1, 0.15) is 12.4 Å². The number of nitrogens with two attached hydrogens (primary N) is 1. The van der Waals surface area contributed by atoms with Crippen molar-refractivity contribution in [2.45, 2.75) is 19.8 Å². The largest absolute Gasteiger partial charge is 0.492 e. The second-order valence-electron chi connectivity index (χ2n) is 7.00. The minimum atomic E-state index is -3.97. The van der Waals surface area contributed by atoms with Crippen molar-refractivity contribution in [1.29, 1.82) is 0 Å². The van der Waals surface area contributed by atoms with Gasteiger partial charge in [0.2, 0.25) is 20.0 Å². The summed E-state index contributed by atoms with van der Waals surface area (Å²) in [6.45, 7) is 4.71. The van der Waals surface area contributed by atoms with Crippen molar-refractivity contribution in [2.24, 2.45) is 16.6 Å². The second-order valence-corrected chi connectivity index (χ2v) is 10.9. The highest BCUT2D eigenvalue weighted by molar-refractivity contribution is 14.0. The first-order valence-corrected chi connectivity index (χ1v) is 12.7. The summed E-state index contributed by atoms with van der Waals surface area (Å²) >= 11 is 0. The van der Waals surface area contributed by atoms with Crippen LogP contribution in [0.3, 0.4) is 0 Å². The number of piperidine rings is 1. The number of anilines is 1. The Hall–Kier alpha value is -1.28. The lowest BCUT2D eigenvalue weighted by Gasteiger charge is -2.31. The Bertz CT molecular complexity index is 872. The maximum absolute atomic E-state index is 11.8. The van der Waals surface area contributed by atoms with Gasteiger partial charge in [-0.25, -0.2) is 21.8 Å². The van der Waals surface area contributed by atoms with E-state index in [0.29, 0.717) is 34.5 Å². The van der Waals surface area contributed by atoms with Crippen LogP contribution in [0.25, 0.3) is 0 Å². The molecule has 1 atom stereocenters. The monoisotopic (exact) mass is 560 g/mol. The maximum atomic E-state index is 11.8. The molecule has 0 aromatic heterocycles. The number of guanidine groups is 1. The highest BCUT2D eigenvalue weighted by atomic mass is 127. The van der Waals surface area contributed by atoms with Crippen molar-refractivity contribution in [1.82, 2.24) is 4.90 Å². The molecule has 1 aromatic rings. The van der Waals surface area contributed by atoms with Crippen LogP contribution < -0.4 is 14.2 Å². The molecular formula is C17H29IN4O5S2. The zero-order chi connectivity index (χ0) is 20.9. The summed E-state index contributed by atoms with van der Waals surface area (Å²) in [7, 11) is -7.93. The molecule has 1 saturated heterocycles. The molecule has 1 heterocycles.